The quantitative estimate of drug-likeness (QED) is 0.354. The van der Waals surface area contributed by atoms with Gasteiger partial charge >= 0.3 is 0 Å². The topological polar surface area (TPSA) is 56.7 Å². The van der Waals surface area contributed by atoms with E-state index in [1.54, 1.807) is 25.1 Å². The number of benzene rings is 2. The Kier molecular flexibility index (Phi) is 8.85. The van der Waals surface area contributed by atoms with Gasteiger partial charge in [-0.3, -0.25) is 0 Å². The zero-order valence-corrected chi connectivity index (χ0v) is 16.8. The van der Waals surface area contributed by atoms with E-state index >= 15 is 0 Å². The van der Waals surface area contributed by atoms with Crippen molar-refractivity contribution in [3.63, 3.8) is 0 Å². The molecule has 6 heteroatoms. The molecule has 0 heterocycles. The van der Waals surface area contributed by atoms with Crippen LogP contribution < -0.4 is 10.6 Å². The monoisotopic (exact) mass is 457 g/mol. The van der Waals surface area contributed by atoms with Crippen LogP contribution in [0.4, 0.5) is 4.39 Å². The van der Waals surface area contributed by atoms with Crippen LogP contribution in [0.15, 0.2) is 59.6 Å². The highest BCUT2D eigenvalue weighted by molar-refractivity contribution is 14.0. The molecular formula is C19H25FIN3O. The molecular weight excluding hydrogens is 432 g/mol. The standard InChI is InChI=1S/C19H24FN3O.HI/c1-3-21-18(22-13-15-9-7-8-12-17(15)20)23-14-19(2,24)16-10-5-4-6-11-16;/h4-12,24H,3,13-14H2,1-2H3,(H2,21,22,23);1H. The van der Waals surface area contributed by atoms with Gasteiger partial charge in [-0.1, -0.05) is 48.5 Å². The second-order valence-electron chi connectivity index (χ2n) is 5.78. The molecule has 2 rings (SSSR count). The van der Waals surface area contributed by atoms with Crippen molar-refractivity contribution in [1.29, 1.82) is 0 Å². The van der Waals surface area contributed by atoms with Gasteiger partial charge in [0.1, 0.15) is 11.4 Å². The molecule has 1 unspecified atom stereocenters. The molecule has 1 atom stereocenters. The molecule has 0 saturated carbocycles. The van der Waals surface area contributed by atoms with Gasteiger partial charge in [0.2, 0.25) is 0 Å². The Morgan fingerprint density at radius 1 is 1.08 bits per heavy atom. The van der Waals surface area contributed by atoms with E-state index in [4.69, 9.17) is 0 Å². The molecule has 0 spiro atoms. The number of aliphatic imine (C=N–C) groups is 1. The Hall–Kier alpha value is -1.67. The average Bonchev–Trinajstić information content (AvgIpc) is 2.59. The van der Waals surface area contributed by atoms with E-state index in [1.165, 1.54) is 6.07 Å². The van der Waals surface area contributed by atoms with Crippen LogP contribution in [0, 0.1) is 5.82 Å². The number of guanidine groups is 1. The third-order valence-corrected chi connectivity index (χ3v) is 3.71. The van der Waals surface area contributed by atoms with Crippen LogP contribution in [0.25, 0.3) is 0 Å². The van der Waals surface area contributed by atoms with Gasteiger partial charge in [0, 0.05) is 12.1 Å². The van der Waals surface area contributed by atoms with Gasteiger partial charge in [-0.05, 0) is 25.5 Å². The Bertz CT molecular complexity index is 677. The zero-order chi connectivity index (χ0) is 17.4. The minimum absolute atomic E-state index is 0. The second-order valence-corrected chi connectivity index (χ2v) is 5.78. The second kappa shape index (κ2) is 10.4. The SMILES string of the molecule is CCNC(=NCc1ccccc1F)NCC(C)(O)c1ccccc1.I. The molecule has 3 N–H and O–H groups in total. The number of nitrogens with zero attached hydrogens (tertiary/aromatic N) is 1. The van der Waals surface area contributed by atoms with Crippen LogP contribution >= 0.6 is 24.0 Å². The van der Waals surface area contributed by atoms with Crippen LogP contribution in [0.5, 0.6) is 0 Å². The lowest BCUT2D eigenvalue weighted by Crippen LogP contribution is -2.44. The maximum Gasteiger partial charge on any atom is 0.191 e. The summed E-state index contributed by atoms with van der Waals surface area (Å²) >= 11 is 0. The van der Waals surface area contributed by atoms with E-state index in [9.17, 15) is 9.50 Å². The molecule has 0 aliphatic heterocycles. The van der Waals surface area contributed by atoms with Crippen molar-refractivity contribution < 1.29 is 9.50 Å². The van der Waals surface area contributed by atoms with E-state index in [-0.39, 0.29) is 36.3 Å². The fourth-order valence-corrected chi connectivity index (χ4v) is 2.29. The molecule has 4 nitrogen and oxygen atoms in total. The van der Waals surface area contributed by atoms with Gasteiger partial charge in [0.25, 0.3) is 0 Å². The summed E-state index contributed by atoms with van der Waals surface area (Å²) in [6.45, 7) is 4.90. The molecule has 2 aromatic rings. The number of hydrogen-bond donors (Lipinski definition) is 3. The Morgan fingerprint density at radius 2 is 1.72 bits per heavy atom. The van der Waals surface area contributed by atoms with Crippen LogP contribution in [-0.2, 0) is 12.1 Å². The van der Waals surface area contributed by atoms with E-state index in [2.05, 4.69) is 15.6 Å². The van der Waals surface area contributed by atoms with Gasteiger partial charge in [-0.15, -0.1) is 24.0 Å². The highest BCUT2D eigenvalue weighted by Crippen LogP contribution is 2.18. The Labute approximate surface area is 165 Å². The predicted molar refractivity (Wildman–Crippen MR) is 111 cm³/mol. The summed E-state index contributed by atoms with van der Waals surface area (Å²) in [5.41, 5.74) is 0.321. The lowest BCUT2D eigenvalue weighted by atomic mass is 9.96. The maximum absolute atomic E-state index is 13.7. The van der Waals surface area contributed by atoms with Crippen LogP contribution in [-0.4, -0.2) is 24.2 Å². The van der Waals surface area contributed by atoms with Crippen molar-refractivity contribution in [2.45, 2.75) is 26.0 Å². The molecule has 2 aromatic carbocycles. The molecule has 136 valence electrons. The fourth-order valence-electron chi connectivity index (χ4n) is 2.29. The smallest absolute Gasteiger partial charge is 0.191 e. The first-order chi connectivity index (χ1) is 11.5. The van der Waals surface area contributed by atoms with Crippen molar-refractivity contribution in [3.05, 3.63) is 71.5 Å². The first-order valence-electron chi connectivity index (χ1n) is 8.06. The summed E-state index contributed by atoms with van der Waals surface area (Å²) in [5, 5.41) is 16.8. The van der Waals surface area contributed by atoms with Gasteiger partial charge in [-0.25, -0.2) is 9.38 Å². The Morgan fingerprint density at radius 3 is 2.36 bits per heavy atom. The fraction of sp³-hybridized carbons (Fsp3) is 0.316. The summed E-state index contributed by atoms with van der Waals surface area (Å²) in [6.07, 6.45) is 0. The van der Waals surface area contributed by atoms with E-state index in [1.807, 2.05) is 37.3 Å². The molecule has 0 aliphatic rings. The maximum atomic E-state index is 13.7. The van der Waals surface area contributed by atoms with Crippen LogP contribution in [0.2, 0.25) is 0 Å². The molecule has 25 heavy (non-hydrogen) atoms. The number of hydrogen-bond acceptors (Lipinski definition) is 2. The minimum atomic E-state index is -1.03. The molecule has 0 saturated heterocycles. The largest absolute Gasteiger partial charge is 0.384 e. The highest BCUT2D eigenvalue weighted by atomic mass is 127. The van der Waals surface area contributed by atoms with Crippen molar-refractivity contribution in [3.8, 4) is 0 Å². The lowest BCUT2D eigenvalue weighted by molar-refractivity contribution is 0.0617. The average molecular weight is 457 g/mol. The van der Waals surface area contributed by atoms with E-state index in [0.717, 1.165) is 5.56 Å². The third-order valence-electron chi connectivity index (χ3n) is 3.71. The van der Waals surface area contributed by atoms with Crippen LogP contribution in [0.1, 0.15) is 25.0 Å². The molecule has 0 radical (unpaired) electrons. The lowest BCUT2D eigenvalue weighted by Gasteiger charge is -2.25. The normalized spacial score (nSPS) is 13.5. The van der Waals surface area contributed by atoms with Crippen LogP contribution in [0.3, 0.4) is 0 Å². The van der Waals surface area contributed by atoms with Crippen molar-refractivity contribution >= 4 is 29.9 Å². The zero-order valence-electron chi connectivity index (χ0n) is 14.5. The number of rotatable bonds is 6. The van der Waals surface area contributed by atoms with Crippen molar-refractivity contribution in [2.75, 3.05) is 13.1 Å². The number of aliphatic hydroxyl groups is 1. The van der Waals surface area contributed by atoms with E-state index in [0.29, 0.717) is 24.6 Å². The summed E-state index contributed by atoms with van der Waals surface area (Å²) in [4.78, 5) is 4.38. The molecule has 0 fully saturated rings. The summed E-state index contributed by atoms with van der Waals surface area (Å²) in [6, 6.07) is 16.0. The Balaban J connectivity index is 0.00000312. The van der Waals surface area contributed by atoms with Crippen molar-refractivity contribution in [2.24, 2.45) is 4.99 Å². The van der Waals surface area contributed by atoms with Gasteiger partial charge in [0.15, 0.2) is 5.96 Å². The van der Waals surface area contributed by atoms with E-state index < -0.39 is 5.60 Å². The van der Waals surface area contributed by atoms with Gasteiger partial charge in [-0.2, -0.15) is 0 Å². The summed E-state index contributed by atoms with van der Waals surface area (Å²) < 4.78 is 13.7. The minimum Gasteiger partial charge on any atom is -0.384 e. The molecule has 0 bridgehead atoms. The third kappa shape index (κ3) is 6.62. The predicted octanol–water partition coefficient (Wildman–Crippen LogP) is 3.41. The first kappa shape index (κ1) is 21.4. The number of halogens is 2. The van der Waals surface area contributed by atoms with Gasteiger partial charge < -0.3 is 15.7 Å². The molecule has 0 aliphatic carbocycles. The molecule has 0 aromatic heterocycles. The summed E-state index contributed by atoms with van der Waals surface area (Å²) in [5.74, 6) is 0.269. The van der Waals surface area contributed by atoms with Gasteiger partial charge in [0.05, 0.1) is 13.1 Å². The number of nitrogens with one attached hydrogen (secondary N) is 2. The highest BCUT2D eigenvalue weighted by Gasteiger charge is 2.22. The summed E-state index contributed by atoms with van der Waals surface area (Å²) in [7, 11) is 0. The first-order valence-corrected chi connectivity index (χ1v) is 8.06. The van der Waals surface area contributed by atoms with Crippen molar-refractivity contribution in [1.82, 2.24) is 10.6 Å². The molecule has 0 amide bonds.